The Morgan fingerprint density at radius 1 is 0.796 bits per heavy atom. The molecule has 1 fully saturated rings. The molecule has 0 aromatic heterocycles. The lowest BCUT2D eigenvalue weighted by molar-refractivity contribution is 0.229. The number of amidine groups is 1. The summed E-state index contributed by atoms with van der Waals surface area (Å²) >= 11 is 0. The van der Waals surface area contributed by atoms with E-state index in [-0.39, 0.29) is 0 Å². The smallest absolute Gasteiger partial charge is 0.103 e. The number of nitrogens with zero attached hydrogens (tertiary/aromatic N) is 2. The molecule has 1 aliphatic heterocycles. The van der Waals surface area contributed by atoms with Crippen LogP contribution < -0.4 is 0 Å². The van der Waals surface area contributed by atoms with Crippen LogP contribution in [0, 0.1) is 11.8 Å². The summed E-state index contributed by atoms with van der Waals surface area (Å²) in [5.74, 6) is 2.68. The van der Waals surface area contributed by atoms with Crippen LogP contribution >= 0.6 is 0 Å². The van der Waals surface area contributed by atoms with Gasteiger partial charge in [-0.25, -0.2) is 0 Å². The molecule has 0 saturated heterocycles. The van der Waals surface area contributed by atoms with Crippen LogP contribution in [0.2, 0.25) is 0 Å². The van der Waals surface area contributed by atoms with Crippen molar-refractivity contribution >= 4 is 17.0 Å². The molecule has 5 aliphatic rings. The molecule has 0 spiro atoms. The van der Waals surface area contributed by atoms with E-state index in [4.69, 9.17) is 4.99 Å². The summed E-state index contributed by atoms with van der Waals surface area (Å²) in [6.07, 6.45) is 27.9. The van der Waals surface area contributed by atoms with E-state index >= 15 is 0 Å². The average molecular weight is 645 g/mol. The van der Waals surface area contributed by atoms with Crippen molar-refractivity contribution in [3.05, 3.63) is 155 Å². The lowest BCUT2D eigenvalue weighted by Gasteiger charge is -2.45. The Bertz CT molecular complexity index is 1820. The Morgan fingerprint density at radius 2 is 1.61 bits per heavy atom. The van der Waals surface area contributed by atoms with Gasteiger partial charge in [0.1, 0.15) is 5.84 Å². The minimum absolute atomic E-state index is 0.349. The molecule has 3 aromatic carbocycles. The standard InChI is InChI=1S/C47H52N2/c1-3-17-43-44(4-2)49(38-22-13-5-6-14-23-38)47(48-43)37-30-31-41-42(32-37)46(35-20-11-8-12-21-35)40-25-16-15-24-39(40)45(41)36-28-26-34(27-29-36)33-18-9-7-10-19-33/h5-6,8-9,11-13,15-16,18-22,24-29,37-38,42-44,46H,3-4,7,10,14,17,23,30-32H2,1-2H3/t37?,38?,42?,43-,44+,46?/m0/s1. The Kier molecular flexibility index (Phi) is 9.39. The predicted octanol–water partition coefficient (Wildman–Crippen LogP) is 11.7. The topological polar surface area (TPSA) is 15.6 Å². The van der Waals surface area contributed by atoms with Gasteiger partial charge in [-0.15, -0.1) is 0 Å². The van der Waals surface area contributed by atoms with Gasteiger partial charge in [0.05, 0.1) is 12.1 Å². The molecule has 0 amide bonds. The quantitative estimate of drug-likeness (QED) is 0.238. The molecule has 1 heterocycles. The van der Waals surface area contributed by atoms with Gasteiger partial charge >= 0.3 is 0 Å². The first-order valence-electron chi connectivity index (χ1n) is 19.3. The number of hydrogen-bond acceptors (Lipinski definition) is 2. The van der Waals surface area contributed by atoms with Crippen LogP contribution in [0.3, 0.4) is 0 Å². The normalized spacial score (nSPS) is 27.8. The van der Waals surface area contributed by atoms with Crippen LogP contribution in [0.5, 0.6) is 0 Å². The second-order valence-electron chi connectivity index (χ2n) is 14.9. The first kappa shape index (κ1) is 32.1. The maximum absolute atomic E-state index is 5.71. The van der Waals surface area contributed by atoms with Crippen LogP contribution in [0.4, 0.5) is 0 Å². The second kappa shape index (κ2) is 14.4. The Labute approximate surface area is 294 Å². The Balaban J connectivity index is 1.22. The molecule has 0 bridgehead atoms. The maximum Gasteiger partial charge on any atom is 0.103 e. The van der Waals surface area contributed by atoms with E-state index in [1.165, 1.54) is 70.5 Å². The third-order valence-corrected chi connectivity index (χ3v) is 12.0. The van der Waals surface area contributed by atoms with Gasteiger partial charge in [0, 0.05) is 17.9 Å². The van der Waals surface area contributed by atoms with E-state index in [0.717, 1.165) is 38.5 Å². The highest BCUT2D eigenvalue weighted by Gasteiger charge is 2.46. The van der Waals surface area contributed by atoms with E-state index in [0.29, 0.717) is 35.9 Å². The first-order chi connectivity index (χ1) is 24.2. The average Bonchev–Trinajstić information content (AvgIpc) is 3.31. The summed E-state index contributed by atoms with van der Waals surface area (Å²) < 4.78 is 0. The molecular formula is C47H52N2. The van der Waals surface area contributed by atoms with Gasteiger partial charge in [-0.05, 0) is 103 Å². The lowest BCUT2D eigenvalue weighted by atomic mass is 9.61. The molecule has 49 heavy (non-hydrogen) atoms. The predicted molar refractivity (Wildman–Crippen MR) is 208 cm³/mol. The number of hydrogen-bond donors (Lipinski definition) is 0. The van der Waals surface area contributed by atoms with Gasteiger partial charge in [0.25, 0.3) is 0 Å². The summed E-state index contributed by atoms with van der Waals surface area (Å²) in [5, 5.41) is 0. The van der Waals surface area contributed by atoms with Crippen molar-refractivity contribution in [3.63, 3.8) is 0 Å². The second-order valence-corrected chi connectivity index (χ2v) is 14.9. The SMILES string of the molecule is CCC[C@@H]1N=C(C2CCC3=C(c4ccc(C5=CCCC=C5)cc4)c4ccccc4C(c4ccccc4)C3C2)N(C2C=CC=CCC2)[C@@H]1CC. The van der Waals surface area contributed by atoms with Crippen molar-refractivity contribution in [2.45, 2.75) is 102 Å². The number of allylic oxidation sites excluding steroid dienone is 8. The Hall–Kier alpha value is -4.17. The van der Waals surface area contributed by atoms with Crippen LogP contribution in [-0.4, -0.2) is 28.9 Å². The number of aliphatic imine (C=N–C) groups is 1. The molecule has 6 atom stereocenters. The molecule has 2 heteroatoms. The highest BCUT2D eigenvalue weighted by Crippen LogP contribution is 2.55. The van der Waals surface area contributed by atoms with Crippen molar-refractivity contribution < 1.29 is 0 Å². The van der Waals surface area contributed by atoms with E-state index < -0.39 is 0 Å². The summed E-state index contributed by atoms with van der Waals surface area (Å²) in [7, 11) is 0. The van der Waals surface area contributed by atoms with Gasteiger partial charge < -0.3 is 4.90 Å². The molecule has 3 aromatic rings. The summed E-state index contributed by atoms with van der Waals surface area (Å²) in [6, 6.07) is 31.6. The van der Waals surface area contributed by atoms with Crippen LogP contribution in [0.15, 0.2) is 132 Å². The highest BCUT2D eigenvalue weighted by molar-refractivity contribution is 5.90. The van der Waals surface area contributed by atoms with Crippen LogP contribution in [0.1, 0.15) is 112 Å². The number of benzene rings is 3. The minimum atomic E-state index is 0.349. The monoisotopic (exact) mass is 644 g/mol. The van der Waals surface area contributed by atoms with Gasteiger partial charge in [0.15, 0.2) is 0 Å². The summed E-state index contributed by atoms with van der Waals surface area (Å²) in [4.78, 5) is 8.54. The van der Waals surface area contributed by atoms with Crippen molar-refractivity contribution in [1.29, 1.82) is 0 Å². The molecular weight excluding hydrogens is 593 g/mol. The van der Waals surface area contributed by atoms with Crippen molar-refractivity contribution in [2.24, 2.45) is 16.8 Å². The number of rotatable bonds is 8. The minimum Gasteiger partial charge on any atom is -0.349 e. The van der Waals surface area contributed by atoms with E-state index in [1.807, 2.05) is 0 Å². The van der Waals surface area contributed by atoms with Gasteiger partial charge in [0.2, 0.25) is 0 Å². The van der Waals surface area contributed by atoms with Crippen LogP contribution in [-0.2, 0) is 0 Å². The third kappa shape index (κ3) is 6.13. The highest BCUT2D eigenvalue weighted by atomic mass is 15.3. The first-order valence-corrected chi connectivity index (χ1v) is 19.3. The fraction of sp³-hybridized carbons (Fsp3) is 0.383. The summed E-state index contributed by atoms with van der Waals surface area (Å²) in [6.45, 7) is 4.72. The van der Waals surface area contributed by atoms with Crippen molar-refractivity contribution in [1.82, 2.24) is 4.90 Å². The molecule has 1 saturated carbocycles. The van der Waals surface area contributed by atoms with Crippen LogP contribution in [0.25, 0.3) is 11.1 Å². The zero-order chi connectivity index (χ0) is 33.2. The Morgan fingerprint density at radius 3 is 2.41 bits per heavy atom. The zero-order valence-corrected chi connectivity index (χ0v) is 29.5. The molecule has 4 aliphatic carbocycles. The fourth-order valence-electron chi connectivity index (χ4n) is 9.81. The molecule has 4 unspecified atom stereocenters. The van der Waals surface area contributed by atoms with Gasteiger partial charge in [-0.1, -0.05) is 147 Å². The molecule has 0 N–H and O–H groups in total. The summed E-state index contributed by atoms with van der Waals surface area (Å²) in [5.41, 5.74) is 11.6. The van der Waals surface area contributed by atoms with E-state index in [1.54, 1.807) is 5.57 Å². The van der Waals surface area contributed by atoms with E-state index in [9.17, 15) is 0 Å². The maximum atomic E-state index is 5.71. The number of fused-ring (bicyclic) bond motifs is 2. The van der Waals surface area contributed by atoms with Gasteiger partial charge in [-0.2, -0.15) is 0 Å². The molecule has 250 valence electrons. The molecule has 8 rings (SSSR count). The zero-order valence-electron chi connectivity index (χ0n) is 29.5. The van der Waals surface area contributed by atoms with Crippen molar-refractivity contribution in [3.8, 4) is 0 Å². The largest absolute Gasteiger partial charge is 0.349 e. The van der Waals surface area contributed by atoms with Gasteiger partial charge in [-0.3, -0.25) is 4.99 Å². The van der Waals surface area contributed by atoms with E-state index in [2.05, 4.69) is 140 Å². The van der Waals surface area contributed by atoms with Crippen molar-refractivity contribution in [2.75, 3.05) is 0 Å². The molecule has 2 nitrogen and oxygen atoms in total. The molecule has 0 radical (unpaired) electrons. The third-order valence-electron chi connectivity index (χ3n) is 12.0. The lowest BCUT2D eigenvalue weighted by Crippen LogP contribution is -2.48. The fourth-order valence-corrected chi connectivity index (χ4v) is 9.81.